The van der Waals surface area contributed by atoms with Crippen molar-refractivity contribution in [3.63, 3.8) is 0 Å². The predicted molar refractivity (Wildman–Crippen MR) is 112 cm³/mol. The molecule has 1 saturated heterocycles. The Labute approximate surface area is 173 Å². The SMILES string of the molecule is Cc1ccccc1OCCC(=O)N1CCC[C@@H]1c1cccc(Nc2nncs2)n1. The van der Waals surface area contributed by atoms with Gasteiger partial charge in [-0.05, 0) is 43.5 Å². The van der Waals surface area contributed by atoms with Gasteiger partial charge in [-0.2, -0.15) is 0 Å². The first kappa shape index (κ1) is 19.3. The molecule has 3 aromatic rings. The average Bonchev–Trinajstić information content (AvgIpc) is 3.41. The lowest BCUT2D eigenvalue weighted by Crippen LogP contribution is -2.32. The topological polar surface area (TPSA) is 80.2 Å². The molecule has 0 aliphatic carbocycles. The molecule has 1 N–H and O–H groups in total. The Morgan fingerprint density at radius 1 is 1.28 bits per heavy atom. The number of ether oxygens (including phenoxy) is 1. The fourth-order valence-electron chi connectivity index (χ4n) is 3.53. The number of amides is 1. The van der Waals surface area contributed by atoms with E-state index in [0.29, 0.717) is 24.0 Å². The molecule has 0 radical (unpaired) electrons. The van der Waals surface area contributed by atoms with Crippen molar-refractivity contribution in [3.05, 3.63) is 59.2 Å². The van der Waals surface area contributed by atoms with Crippen LogP contribution in [-0.2, 0) is 4.79 Å². The standard InChI is InChI=1S/C21H23N5O2S/c1-15-6-2-3-9-18(15)28-13-11-20(27)26-12-5-8-17(26)16-7-4-10-19(23-16)24-21-25-22-14-29-21/h2-4,6-7,9-10,14,17H,5,8,11-13H2,1H3,(H,23,24,25)/t17-/m1/s1. The zero-order chi connectivity index (χ0) is 20.1. The molecule has 29 heavy (non-hydrogen) atoms. The summed E-state index contributed by atoms with van der Waals surface area (Å²) in [6, 6.07) is 13.7. The van der Waals surface area contributed by atoms with Crippen molar-refractivity contribution >= 4 is 28.2 Å². The molecule has 2 aromatic heterocycles. The number of pyridine rings is 1. The number of anilines is 2. The van der Waals surface area contributed by atoms with Gasteiger partial charge in [0.05, 0.1) is 24.8 Å². The predicted octanol–water partition coefficient (Wildman–Crippen LogP) is 4.12. The number of hydrogen-bond acceptors (Lipinski definition) is 7. The van der Waals surface area contributed by atoms with Gasteiger partial charge in [0.25, 0.3) is 0 Å². The van der Waals surface area contributed by atoms with E-state index >= 15 is 0 Å². The summed E-state index contributed by atoms with van der Waals surface area (Å²) in [7, 11) is 0. The van der Waals surface area contributed by atoms with Gasteiger partial charge in [-0.1, -0.05) is 35.6 Å². The quantitative estimate of drug-likeness (QED) is 0.632. The average molecular weight is 410 g/mol. The first-order chi connectivity index (χ1) is 14.2. The highest BCUT2D eigenvalue weighted by Gasteiger charge is 2.30. The van der Waals surface area contributed by atoms with Crippen molar-refractivity contribution in [2.75, 3.05) is 18.5 Å². The number of para-hydroxylation sites is 1. The van der Waals surface area contributed by atoms with Crippen molar-refractivity contribution in [3.8, 4) is 5.75 Å². The maximum atomic E-state index is 12.8. The molecule has 7 nitrogen and oxygen atoms in total. The highest BCUT2D eigenvalue weighted by atomic mass is 32.1. The Balaban J connectivity index is 1.38. The number of benzene rings is 1. The van der Waals surface area contributed by atoms with E-state index in [1.165, 1.54) is 11.3 Å². The van der Waals surface area contributed by atoms with Crippen molar-refractivity contribution in [2.24, 2.45) is 0 Å². The van der Waals surface area contributed by atoms with E-state index in [1.807, 2.05) is 54.3 Å². The molecule has 1 atom stereocenters. The van der Waals surface area contributed by atoms with Crippen LogP contribution < -0.4 is 10.1 Å². The summed E-state index contributed by atoms with van der Waals surface area (Å²) in [4.78, 5) is 19.5. The molecule has 1 aromatic carbocycles. The van der Waals surface area contributed by atoms with Crippen LogP contribution in [0.1, 0.15) is 36.6 Å². The molecule has 8 heteroatoms. The molecule has 0 bridgehead atoms. The van der Waals surface area contributed by atoms with Crippen LogP contribution in [0, 0.1) is 6.92 Å². The minimum atomic E-state index is -0.00266. The smallest absolute Gasteiger partial charge is 0.226 e. The fourth-order valence-corrected chi connectivity index (χ4v) is 3.98. The van der Waals surface area contributed by atoms with Gasteiger partial charge in [0.1, 0.15) is 17.1 Å². The number of rotatable bonds is 7. The lowest BCUT2D eigenvalue weighted by atomic mass is 10.1. The minimum Gasteiger partial charge on any atom is -0.493 e. The van der Waals surface area contributed by atoms with Crippen LogP contribution in [0.3, 0.4) is 0 Å². The maximum absolute atomic E-state index is 12.8. The van der Waals surface area contributed by atoms with Crippen LogP contribution in [0.25, 0.3) is 0 Å². The summed E-state index contributed by atoms with van der Waals surface area (Å²) < 4.78 is 5.80. The monoisotopic (exact) mass is 409 g/mol. The molecular weight excluding hydrogens is 386 g/mol. The van der Waals surface area contributed by atoms with E-state index < -0.39 is 0 Å². The van der Waals surface area contributed by atoms with Crippen molar-refractivity contribution in [1.29, 1.82) is 0 Å². The summed E-state index contributed by atoms with van der Waals surface area (Å²) in [6.45, 7) is 3.13. The van der Waals surface area contributed by atoms with Crippen molar-refractivity contribution < 1.29 is 9.53 Å². The molecule has 4 rings (SSSR count). The molecule has 3 heterocycles. The second kappa shape index (κ2) is 9.00. The Hall–Kier alpha value is -3.00. The summed E-state index contributed by atoms with van der Waals surface area (Å²) in [6.07, 6.45) is 2.25. The van der Waals surface area contributed by atoms with Crippen molar-refractivity contribution in [1.82, 2.24) is 20.1 Å². The molecule has 0 unspecified atom stereocenters. The van der Waals surface area contributed by atoms with Gasteiger partial charge in [-0.3, -0.25) is 4.79 Å². The van der Waals surface area contributed by atoms with Crippen LogP contribution in [0.2, 0.25) is 0 Å². The Morgan fingerprint density at radius 2 is 2.17 bits per heavy atom. The number of likely N-dealkylation sites (tertiary alicyclic amines) is 1. The first-order valence-corrected chi connectivity index (χ1v) is 10.6. The van der Waals surface area contributed by atoms with Crippen LogP contribution >= 0.6 is 11.3 Å². The largest absolute Gasteiger partial charge is 0.493 e. The van der Waals surface area contributed by atoms with E-state index in [0.717, 1.165) is 36.4 Å². The first-order valence-electron chi connectivity index (χ1n) is 9.69. The molecule has 150 valence electrons. The third-order valence-electron chi connectivity index (χ3n) is 4.95. The zero-order valence-electron chi connectivity index (χ0n) is 16.2. The Morgan fingerprint density at radius 3 is 3.00 bits per heavy atom. The third kappa shape index (κ3) is 4.71. The van der Waals surface area contributed by atoms with Crippen LogP contribution in [0.15, 0.2) is 48.0 Å². The number of carbonyl (C=O) groups is 1. The highest BCUT2D eigenvalue weighted by Crippen LogP contribution is 2.32. The van der Waals surface area contributed by atoms with Gasteiger partial charge in [0.15, 0.2) is 0 Å². The van der Waals surface area contributed by atoms with Crippen LogP contribution in [0.5, 0.6) is 5.75 Å². The number of nitrogens with zero attached hydrogens (tertiary/aromatic N) is 4. The van der Waals surface area contributed by atoms with Gasteiger partial charge in [-0.15, -0.1) is 10.2 Å². The molecule has 1 fully saturated rings. The third-order valence-corrected chi connectivity index (χ3v) is 5.55. The summed E-state index contributed by atoms with van der Waals surface area (Å²) in [5.41, 5.74) is 3.64. The van der Waals surface area contributed by atoms with E-state index in [1.54, 1.807) is 5.51 Å². The van der Waals surface area contributed by atoms with Gasteiger partial charge in [0, 0.05) is 6.54 Å². The van der Waals surface area contributed by atoms with Crippen LogP contribution in [-0.4, -0.2) is 39.1 Å². The van der Waals surface area contributed by atoms with Crippen molar-refractivity contribution in [2.45, 2.75) is 32.2 Å². The Bertz CT molecular complexity index is 963. The molecule has 1 aliphatic rings. The number of carbonyl (C=O) groups excluding carboxylic acids is 1. The Kier molecular flexibility index (Phi) is 6.00. The zero-order valence-corrected chi connectivity index (χ0v) is 17.1. The second-order valence-electron chi connectivity index (χ2n) is 6.93. The van der Waals surface area contributed by atoms with E-state index in [4.69, 9.17) is 9.72 Å². The molecule has 1 amide bonds. The summed E-state index contributed by atoms with van der Waals surface area (Å²) in [5.74, 6) is 1.64. The van der Waals surface area contributed by atoms with Gasteiger partial charge >= 0.3 is 0 Å². The van der Waals surface area contributed by atoms with E-state index in [9.17, 15) is 4.79 Å². The lowest BCUT2D eigenvalue weighted by molar-refractivity contribution is -0.132. The normalized spacial score (nSPS) is 16.0. The molecule has 0 spiro atoms. The molecular formula is C21H23N5O2S. The van der Waals surface area contributed by atoms with Crippen LogP contribution in [0.4, 0.5) is 10.9 Å². The van der Waals surface area contributed by atoms with Gasteiger partial charge < -0.3 is 15.0 Å². The molecule has 1 aliphatic heterocycles. The number of hydrogen-bond donors (Lipinski definition) is 1. The molecule has 0 saturated carbocycles. The summed E-state index contributed by atoms with van der Waals surface area (Å²) >= 11 is 1.42. The summed E-state index contributed by atoms with van der Waals surface area (Å²) in [5, 5.41) is 11.7. The van der Waals surface area contributed by atoms with Gasteiger partial charge in [0.2, 0.25) is 11.0 Å². The lowest BCUT2D eigenvalue weighted by Gasteiger charge is -2.25. The number of aryl methyl sites for hydroxylation is 1. The fraction of sp³-hybridized carbons (Fsp3) is 0.333. The van der Waals surface area contributed by atoms with E-state index in [-0.39, 0.29) is 11.9 Å². The maximum Gasteiger partial charge on any atom is 0.226 e. The minimum absolute atomic E-state index is 0.00266. The number of aromatic nitrogens is 3. The van der Waals surface area contributed by atoms with E-state index in [2.05, 4.69) is 15.5 Å². The highest BCUT2D eigenvalue weighted by molar-refractivity contribution is 7.13. The second-order valence-corrected chi connectivity index (χ2v) is 7.76. The number of nitrogens with one attached hydrogen (secondary N) is 1. The van der Waals surface area contributed by atoms with Gasteiger partial charge in [-0.25, -0.2) is 4.98 Å².